The number of benzene rings is 2. The summed E-state index contributed by atoms with van der Waals surface area (Å²) in [4.78, 5) is 11.4. The number of rotatable bonds is 2. The third-order valence-electron chi connectivity index (χ3n) is 6.47. The molecule has 162 valence electrons. The Balaban J connectivity index is 1.81. The highest BCUT2D eigenvalue weighted by Crippen LogP contribution is 2.52. The summed E-state index contributed by atoms with van der Waals surface area (Å²) in [5.74, 6) is -1.19. The summed E-state index contributed by atoms with van der Waals surface area (Å²) in [7, 11) is 0. The summed E-state index contributed by atoms with van der Waals surface area (Å²) in [6.07, 6.45) is -0.0951. The van der Waals surface area contributed by atoms with Crippen molar-refractivity contribution in [1.29, 1.82) is 0 Å². The molecule has 0 bridgehead atoms. The van der Waals surface area contributed by atoms with Crippen LogP contribution in [-0.4, -0.2) is 40.1 Å². The Morgan fingerprint density at radius 2 is 1.90 bits per heavy atom. The SMILES string of the molecule is CC1(C)COC2(CCC(C(=O)O)OC2)c2c1n(-c1ccc(F)cc1)c1cccc(O)c21. The second-order valence-corrected chi connectivity index (χ2v) is 9.05. The quantitative estimate of drug-likeness (QED) is 0.642. The van der Waals surface area contributed by atoms with Crippen molar-refractivity contribution in [2.75, 3.05) is 13.2 Å². The maximum absolute atomic E-state index is 13.7. The fourth-order valence-electron chi connectivity index (χ4n) is 4.98. The summed E-state index contributed by atoms with van der Waals surface area (Å²) in [6.45, 7) is 4.63. The lowest BCUT2D eigenvalue weighted by molar-refractivity contribution is -0.188. The molecule has 2 N–H and O–H groups in total. The molecule has 0 amide bonds. The van der Waals surface area contributed by atoms with Gasteiger partial charge in [-0.1, -0.05) is 19.9 Å². The van der Waals surface area contributed by atoms with E-state index < -0.39 is 23.1 Å². The minimum atomic E-state index is -0.984. The fraction of sp³-hybridized carbons (Fsp3) is 0.375. The zero-order valence-corrected chi connectivity index (χ0v) is 17.4. The van der Waals surface area contributed by atoms with Crippen molar-refractivity contribution >= 4 is 16.9 Å². The molecule has 6 nitrogen and oxygen atoms in total. The van der Waals surface area contributed by atoms with Gasteiger partial charge in [0.1, 0.15) is 17.2 Å². The molecule has 7 heteroatoms. The average Bonchev–Trinajstić information content (AvgIpc) is 3.11. The normalized spacial score (nSPS) is 24.9. The molecule has 5 rings (SSSR count). The van der Waals surface area contributed by atoms with E-state index in [0.717, 1.165) is 22.5 Å². The molecule has 3 aromatic rings. The summed E-state index contributed by atoms with van der Waals surface area (Å²) >= 11 is 0. The Morgan fingerprint density at radius 3 is 2.55 bits per heavy atom. The first-order valence-electron chi connectivity index (χ1n) is 10.4. The minimum absolute atomic E-state index is 0.0872. The van der Waals surface area contributed by atoms with Crippen LogP contribution in [0.1, 0.15) is 37.9 Å². The van der Waals surface area contributed by atoms with Crippen molar-refractivity contribution in [3.63, 3.8) is 0 Å². The molecule has 1 fully saturated rings. The van der Waals surface area contributed by atoms with Gasteiger partial charge in [0, 0.05) is 27.7 Å². The van der Waals surface area contributed by atoms with Gasteiger partial charge < -0.3 is 24.3 Å². The third kappa shape index (κ3) is 2.95. The lowest BCUT2D eigenvalue weighted by Crippen LogP contribution is -2.50. The third-order valence-corrected chi connectivity index (χ3v) is 6.47. The molecule has 1 spiro atoms. The van der Waals surface area contributed by atoms with Crippen molar-refractivity contribution in [3.8, 4) is 11.4 Å². The minimum Gasteiger partial charge on any atom is -0.507 e. The number of aromatic hydroxyl groups is 1. The summed E-state index contributed by atoms with van der Waals surface area (Å²) < 4.78 is 27.8. The van der Waals surface area contributed by atoms with Gasteiger partial charge in [-0.15, -0.1) is 0 Å². The maximum Gasteiger partial charge on any atom is 0.332 e. The standard InChI is InChI=1S/C24H24FNO5/c1-23(2)12-31-24(11-10-18(22(28)29)30-13-24)20-19-16(4-3-5-17(19)27)26(21(20)23)15-8-6-14(25)7-9-15/h3-9,18,27H,10-13H2,1-2H3,(H,28,29). The van der Waals surface area contributed by atoms with E-state index >= 15 is 0 Å². The van der Waals surface area contributed by atoms with E-state index in [2.05, 4.69) is 18.4 Å². The number of hydrogen-bond acceptors (Lipinski definition) is 4. The molecule has 2 unspecified atom stereocenters. The van der Waals surface area contributed by atoms with E-state index in [1.54, 1.807) is 24.3 Å². The fourth-order valence-corrected chi connectivity index (χ4v) is 4.98. The number of phenolic OH excluding ortho intramolecular Hbond substituents is 1. The first kappa shape index (κ1) is 20.0. The average molecular weight is 425 g/mol. The molecule has 2 atom stereocenters. The number of aliphatic carboxylic acids is 1. The van der Waals surface area contributed by atoms with Crippen LogP contribution in [0, 0.1) is 5.82 Å². The van der Waals surface area contributed by atoms with Crippen LogP contribution in [0.15, 0.2) is 42.5 Å². The van der Waals surface area contributed by atoms with Gasteiger partial charge in [-0.25, -0.2) is 9.18 Å². The van der Waals surface area contributed by atoms with Crippen LogP contribution in [0.25, 0.3) is 16.6 Å². The Kier molecular flexibility index (Phi) is 4.39. The van der Waals surface area contributed by atoms with Gasteiger partial charge in [0.15, 0.2) is 6.10 Å². The van der Waals surface area contributed by atoms with Gasteiger partial charge in [0.2, 0.25) is 0 Å². The Hall–Kier alpha value is -2.90. The van der Waals surface area contributed by atoms with Gasteiger partial charge in [0.05, 0.1) is 18.7 Å². The predicted octanol–water partition coefficient (Wildman–Crippen LogP) is 4.24. The predicted molar refractivity (Wildman–Crippen MR) is 112 cm³/mol. The van der Waals surface area contributed by atoms with Crippen LogP contribution >= 0.6 is 0 Å². The molecule has 1 aromatic heterocycles. The molecule has 2 aliphatic rings. The van der Waals surface area contributed by atoms with Gasteiger partial charge in [-0.2, -0.15) is 0 Å². The highest BCUT2D eigenvalue weighted by molar-refractivity contribution is 5.94. The van der Waals surface area contributed by atoms with Crippen molar-refractivity contribution in [1.82, 2.24) is 4.57 Å². The molecule has 31 heavy (non-hydrogen) atoms. The van der Waals surface area contributed by atoms with Crippen molar-refractivity contribution in [3.05, 3.63) is 59.5 Å². The molecule has 2 aromatic carbocycles. The highest BCUT2D eigenvalue weighted by atomic mass is 19.1. The summed E-state index contributed by atoms with van der Waals surface area (Å²) in [5, 5.41) is 20.9. The molecule has 2 aliphatic heterocycles. The molecule has 0 aliphatic carbocycles. The van der Waals surface area contributed by atoms with Crippen LogP contribution in [0.2, 0.25) is 0 Å². The molecule has 0 radical (unpaired) electrons. The second-order valence-electron chi connectivity index (χ2n) is 9.05. The van der Waals surface area contributed by atoms with Crippen molar-refractivity contribution < 1.29 is 28.9 Å². The summed E-state index contributed by atoms with van der Waals surface area (Å²) in [6, 6.07) is 11.6. The number of carbonyl (C=O) groups is 1. The Bertz CT molecular complexity index is 1170. The second kappa shape index (κ2) is 6.80. The number of hydrogen-bond donors (Lipinski definition) is 2. The van der Waals surface area contributed by atoms with Gasteiger partial charge >= 0.3 is 5.97 Å². The number of aromatic nitrogens is 1. The monoisotopic (exact) mass is 425 g/mol. The molecule has 3 heterocycles. The summed E-state index contributed by atoms with van der Waals surface area (Å²) in [5.41, 5.74) is 2.08. The van der Waals surface area contributed by atoms with Crippen LogP contribution in [-0.2, 0) is 25.3 Å². The highest BCUT2D eigenvalue weighted by Gasteiger charge is 2.51. The number of phenols is 1. The topological polar surface area (TPSA) is 80.9 Å². The lowest BCUT2D eigenvalue weighted by atomic mass is 9.75. The van der Waals surface area contributed by atoms with Crippen LogP contribution in [0.3, 0.4) is 0 Å². The van der Waals surface area contributed by atoms with Crippen LogP contribution in [0.4, 0.5) is 4.39 Å². The molecule has 0 saturated carbocycles. The largest absolute Gasteiger partial charge is 0.507 e. The van der Waals surface area contributed by atoms with E-state index in [4.69, 9.17) is 9.47 Å². The van der Waals surface area contributed by atoms with E-state index in [-0.39, 0.29) is 18.2 Å². The first-order chi connectivity index (χ1) is 14.7. The number of fused-ring (bicyclic) bond motifs is 4. The van der Waals surface area contributed by atoms with E-state index in [1.807, 2.05) is 6.07 Å². The lowest BCUT2D eigenvalue weighted by Gasteiger charge is -2.47. The smallest absolute Gasteiger partial charge is 0.332 e. The van der Waals surface area contributed by atoms with E-state index in [1.165, 1.54) is 12.1 Å². The van der Waals surface area contributed by atoms with Gasteiger partial charge in [-0.05, 0) is 49.2 Å². The molecular weight excluding hydrogens is 401 g/mol. The number of ether oxygens (including phenoxy) is 2. The maximum atomic E-state index is 13.7. The number of carboxylic acid groups (broad SMARTS) is 1. The van der Waals surface area contributed by atoms with E-state index in [9.17, 15) is 19.4 Å². The van der Waals surface area contributed by atoms with E-state index in [0.29, 0.717) is 24.8 Å². The van der Waals surface area contributed by atoms with Gasteiger partial charge in [0.25, 0.3) is 0 Å². The number of halogens is 1. The zero-order valence-electron chi connectivity index (χ0n) is 17.4. The van der Waals surface area contributed by atoms with Crippen LogP contribution in [0.5, 0.6) is 5.75 Å². The number of nitrogens with zero attached hydrogens (tertiary/aromatic N) is 1. The van der Waals surface area contributed by atoms with Crippen LogP contribution < -0.4 is 0 Å². The zero-order chi connectivity index (χ0) is 22.0. The molecule has 1 saturated heterocycles. The number of carboxylic acids is 1. The van der Waals surface area contributed by atoms with Gasteiger partial charge in [-0.3, -0.25) is 0 Å². The Labute approximate surface area is 178 Å². The Morgan fingerprint density at radius 1 is 1.16 bits per heavy atom. The van der Waals surface area contributed by atoms with Crippen molar-refractivity contribution in [2.24, 2.45) is 0 Å². The first-order valence-corrected chi connectivity index (χ1v) is 10.4. The van der Waals surface area contributed by atoms with Crippen molar-refractivity contribution in [2.45, 2.75) is 43.8 Å². The molecular formula is C24H24FNO5.